The molecule has 2 nitrogen and oxygen atoms in total. The van der Waals surface area contributed by atoms with Crippen LogP contribution >= 0.6 is 15.9 Å². The van der Waals surface area contributed by atoms with Gasteiger partial charge in [-0.2, -0.15) is 13.2 Å². The number of hydrogen-bond acceptors (Lipinski definition) is 2. The lowest BCUT2D eigenvalue weighted by molar-refractivity contribution is -0.119. The van der Waals surface area contributed by atoms with Crippen LogP contribution in [0.25, 0.3) is 0 Å². The van der Waals surface area contributed by atoms with Gasteiger partial charge in [-0.15, -0.1) is 0 Å². The van der Waals surface area contributed by atoms with Crippen LogP contribution in [0.5, 0.6) is 0 Å². The predicted octanol–water partition coefficient (Wildman–Crippen LogP) is 4.34. The highest BCUT2D eigenvalue weighted by Gasteiger charge is 2.31. The molecular weight excluding hydrogens is 333 g/mol. The summed E-state index contributed by atoms with van der Waals surface area (Å²) in [6.07, 6.45) is -3.52. The van der Waals surface area contributed by atoms with E-state index in [9.17, 15) is 13.2 Å². The molecule has 0 aliphatic carbocycles. The van der Waals surface area contributed by atoms with Crippen LogP contribution < -0.4 is 10.2 Å². The molecule has 0 aliphatic heterocycles. The van der Waals surface area contributed by atoms with Crippen LogP contribution in [0.1, 0.15) is 25.8 Å². The fourth-order valence-corrected chi connectivity index (χ4v) is 2.44. The molecule has 0 bridgehead atoms. The van der Waals surface area contributed by atoms with Crippen LogP contribution in [0, 0.1) is 0 Å². The molecule has 0 fully saturated rings. The lowest BCUT2D eigenvalue weighted by atomic mass is 10.1. The fourth-order valence-electron chi connectivity index (χ4n) is 2.03. The Morgan fingerprint density at radius 1 is 1.25 bits per heavy atom. The number of hydrogen-bond donors (Lipinski definition) is 1. The fraction of sp³-hybridized carbons (Fsp3) is 0.571. The molecule has 0 spiro atoms. The Labute approximate surface area is 126 Å². The van der Waals surface area contributed by atoms with Crippen molar-refractivity contribution in [1.29, 1.82) is 0 Å². The molecule has 0 unspecified atom stereocenters. The second kappa shape index (κ2) is 7.88. The maximum Gasteiger partial charge on any atom is 0.405 e. The van der Waals surface area contributed by atoms with Crippen LogP contribution in [-0.2, 0) is 6.54 Å². The Balaban J connectivity index is 3.04. The number of alkyl halides is 3. The highest BCUT2D eigenvalue weighted by atomic mass is 79.9. The van der Waals surface area contributed by atoms with Gasteiger partial charge in [-0.05, 0) is 36.7 Å². The summed E-state index contributed by atoms with van der Waals surface area (Å²) in [6, 6.07) is 5.40. The van der Waals surface area contributed by atoms with Gasteiger partial charge in [0.25, 0.3) is 0 Å². The molecule has 1 aromatic rings. The molecule has 1 aromatic carbocycles. The lowest BCUT2D eigenvalue weighted by Crippen LogP contribution is -2.35. The molecule has 0 aromatic heterocycles. The standard InChI is InChI=1S/C14H20BrF3N2/c1-3-7-20(10-14(16,17)18)13-6-5-12(15)8-11(13)9-19-4-2/h5-6,8,19H,3-4,7,9-10H2,1-2H3. The Hall–Kier alpha value is -0.750. The molecule has 0 aliphatic rings. The van der Waals surface area contributed by atoms with Crippen molar-refractivity contribution in [1.82, 2.24) is 5.32 Å². The van der Waals surface area contributed by atoms with Crippen molar-refractivity contribution >= 4 is 21.6 Å². The molecule has 20 heavy (non-hydrogen) atoms. The van der Waals surface area contributed by atoms with Crippen molar-refractivity contribution in [2.24, 2.45) is 0 Å². The van der Waals surface area contributed by atoms with E-state index in [0.29, 0.717) is 25.2 Å². The van der Waals surface area contributed by atoms with E-state index < -0.39 is 12.7 Å². The lowest BCUT2D eigenvalue weighted by Gasteiger charge is -2.28. The third kappa shape index (κ3) is 5.71. The maximum absolute atomic E-state index is 12.7. The van der Waals surface area contributed by atoms with E-state index in [1.54, 1.807) is 12.1 Å². The molecule has 114 valence electrons. The summed E-state index contributed by atoms with van der Waals surface area (Å²) in [4.78, 5) is 1.40. The number of halogens is 4. The normalized spacial score (nSPS) is 11.7. The van der Waals surface area contributed by atoms with Gasteiger partial charge in [-0.3, -0.25) is 0 Å². The Morgan fingerprint density at radius 2 is 1.95 bits per heavy atom. The van der Waals surface area contributed by atoms with Crippen molar-refractivity contribution < 1.29 is 13.2 Å². The van der Waals surface area contributed by atoms with Crippen LogP contribution in [0.4, 0.5) is 18.9 Å². The summed E-state index contributed by atoms with van der Waals surface area (Å²) in [5.41, 5.74) is 1.52. The van der Waals surface area contributed by atoms with Crippen LogP contribution in [-0.4, -0.2) is 25.8 Å². The molecule has 0 saturated carbocycles. The van der Waals surface area contributed by atoms with Gasteiger partial charge in [0.05, 0.1) is 0 Å². The number of anilines is 1. The van der Waals surface area contributed by atoms with Gasteiger partial charge in [0.15, 0.2) is 0 Å². The van der Waals surface area contributed by atoms with Gasteiger partial charge in [0, 0.05) is 23.2 Å². The SMILES string of the molecule is CCCN(CC(F)(F)F)c1ccc(Br)cc1CNCC. The Bertz CT molecular complexity index is 421. The maximum atomic E-state index is 12.7. The third-order valence-corrected chi connectivity index (χ3v) is 3.30. The van der Waals surface area contributed by atoms with E-state index in [1.165, 1.54) is 4.90 Å². The molecule has 0 radical (unpaired) electrons. The summed E-state index contributed by atoms with van der Waals surface area (Å²) < 4.78 is 39.0. The van der Waals surface area contributed by atoms with Gasteiger partial charge in [-0.1, -0.05) is 29.8 Å². The van der Waals surface area contributed by atoms with Crippen LogP contribution in [0.2, 0.25) is 0 Å². The van der Waals surface area contributed by atoms with Crippen LogP contribution in [0.15, 0.2) is 22.7 Å². The molecule has 1 N–H and O–H groups in total. The minimum atomic E-state index is -4.20. The van der Waals surface area contributed by atoms with E-state index in [0.717, 1.165) is 16.6 Å². The summed E-state index contributed by atoms with van der Waals surface area (Å²) >= 11 is 3.37. The first-order valence-electron chi connectivity index (χ1n) is 6.68. The minimum absolute atomic E-state index is 0.389. The average Bonchev–Trinajstić information content (AvgIpc) is 2.34. The zero-order valence-electron chi connectivity index (χ0n) is 11.7. The zero-order valence-corrected chi connectivity index (χ0v) is 13.3. The van der Waals surface area contributed by atoms with Gasteiger partial charge < -0.3 is 10.2 Å². The van der Waals surface area contributed by atoms with E-state index in [-0.39, 0.29) is 0 Å². The molecule has 1 rings (SSSR count). The first kappa shape index (κ1) is 17.3. The molecule has 0 saturated heterocycles. The monoisotopic (exact) mass is 352 g/mol. The Morgan fingerprint density at radius 3 is 2.50 bits per heavy atom. The van der Waals surface area contributed by atoms with Crippen molar-refractivity contribution in [2.75, 3.05) is 24.5 Å². The quantitative estimate of drug-likeness (QED) is 0.785. The van der Waals surface area contributed by atoms with Crippen molar-refractivity contribution in [2.45, 2.75) is 33.0 Å². The Kier molecular flexibility index (Phi) is 6.82. The van der Waals surface area contributed by atoms with Gasteiger partial charge >= 0.3 is 6.18 Å². The van der Waals surface area contributed by atoms with Crippen molar-refractivity contribution in [3.05, 3.63) is 28.2 Å². The van der Waals surface area contributed by atoms with Gasteiger partial charge in [0.1, 0.15) is 6.54 Å². The van der Waals surface area contributed by atoms with E-state index in [1.807, 2.05) is 19.9 Å². The molecule has 6 heteroatoms. The van der Waals surface area contributed by atoms with Crippen molar-refractivity contribution in [3.8, 4) is 0 Å². The molecular formula is C14H20BrF3N2. The first-order chi connectivity index (χ1) is 9.37. The average molecular weight is 353 g/mol. The third-order valence-electron chi connectivity index (χ3n) is 2.81. The number of benzene rings is 1. The van der Waals surface area contributed by atoms with Crippen molar-refractivity contribution in [3.63, 3.8) is 0 Å². The van der Waals surface area contributed by atoms with Gasteiger partial charge in [-0.25, -0.2) is 0 Å². The molecule has 0 atom stereocenters. The largest absolute Gasteiger partial charge is 0.405 e. The second-order valence-electron chi connectivity index (χ2n) is 4.59. The smallest absolute Gasteiger partial charge is 0.362 e. The minimum Gasteiger partial charge on any atom is -0.362 e. The highest BCUT2D eigenvalue weighted by molar-refractivity contribution is 9.10. The van der Waals surface area contributed by atoms with Crippen LogP contribution in [0.3, 0.4) is 0 Å². The van der Waals surface area contributed by atoms with Gasteiger partial charge in [0.2, 0.25) is 0 Å². The molecule has 0 amide bonds. The summed E-state index contributed by atoms with van der Waals surface area (Å²) in [5.74, 6) is 0. The summed E-state index contributed by atoms with van der Waals surface area (Å²) in [6.45, 7) is 4.66. The summed E-state index contributed by atoms with van der Waals surface area (Å²) in [5, 5.41) is 3.16. The topological polar surface area (TPSA) is 15.3 Å². The molecule has 0 heterocycles. The number of rotatable bonds is 7. The second-order valence-corrected chi connectivity index (χ2v) is 5.51. The first-order valence-corrected chi connectivity index (χ1v) is 7.47. The number of nitrogens with zero attached hydrogens (tertiary/aromatic N) is 1. The zero-order chi connectivity index (χ0) is 15.2. The van der Waals surface area contributed by atoms with E-state index in [2.05, 4.69) is 21.2 Å². The summed E-state index contributed by atoms with van der Waals surface area (Å²) in [7, 11) is 0. The predicted molar refractivity (Wildman–Crippen MR) is 80.1 cm³/mol. The number of nitrogens with one attached hydrogen (secondary N) is 1. The van der Waals surface area contributed by atoms with E-state index in [4.69, 9.17) is 0 Å². The van der Waals surface area contributed by atoms with E-state index >= 15 is 0 Å². The highest BCUT2D eigenvalue weighted by Crippen LogP contribution is 2.28.